The molecule has 0 unspecified atom stereocenters. The first-order valence-electron chi connectivity index (χ1n) is 6.91. The molecule has 0 saturated carbocycles. The molecule has 0 heterocycles. The molecule has 1 amide bonds. The Kier molecular flexibility index (Phi) is 6.15. The van der Waals surface area contributed by atoms with Gasteiger partial charge in [0, 0.05) is 11.8 Å². The van der Waals surface area contributed by atoms with Crippen LogP contribution < -0.4 is 14.8 Å². The van der Waals surface area contributed by atoms with Crippen LogP contribution in [0, 0.1) is 5.82 Å². The maximum Gasteiger partial charge on any atom is 0.387 e. The van der Waals surface area contributed by atoms with Gasteiger partial charge < -0.3 is 14.8 Å². The number of carbonyl (C=O) groups is 1. The molecule has 1 N–H and O–H groups in total. The molecule has 134 valence electrons. The highest BCUT2D eigenvalue weighted by Crippen LogP contribution is 2.23. The zero-order valence-electron chi connectivity index (χ0n) is 12.5. The first kappa shape index (κ1) is 18.5. The van der Waals surface area contributed by atoms with Crippen molar-refractivity contribution in [3.63, 3.8) is 0 Å². The van der Waals surface area contributed by atoms with Crippen molar-refractivity contribution in [2.45, 2.75) is 19.6 Å². The van der Waals surface area contributed by atoms with Gasteiger partial charge in [-0.25, -0.2) is 4.39 Å². The fraction of sp³-hybridized carbons (Fsp3) is 0.188. The summed E-state index contributed by atoms with van der Waals surface area (Å²) in [5, 5.41) is 2.39. The lowest BCUT2D eigenvalue weighted by molar-refractivity contribution is -0.115. The van der Waals surface area contributed by atoms with Gasteiger partial charge in [0.2, 0.25) is 5.91 Å². The van der Waals surface area contributed by atoms with Crippen molar-refractivity contribution in [2.24, 2.45) is 0 Å². The number of halogens is 5. The minimum absolute atomic E-state index is 0.0455. The molecule has 0 aromatic heterocycles. The van der Waals surface area contributed by atoms with E-state index >= 15 is 0 Å². The molecule has 0 aliphatic heterocycles. The second-order valence-electron chi connectivity index (χ2n) is 4.77. The average molecular weight is 361 g/mol. The topological polar surface area (TPSA) is 47.6 Å². The summed E-state index contributed by atoms with van der Waals surface area (Å²) in [6.07, 6.45) is -0.105. The van der Waals surface area contributed by atoms with Gasteiger partial charge in [-0.1, -0.05) is 12.1 Å². The van der Waals surface area contributed by atoms with Crippen molar-refractivity contribution in [1.82, 2.24) is 0 Å². The molecular weight excluding hydrogens is 349 g/mol. The van der Waals surface area contributed by atoms with Crippen molar-refractivity contribution in [3.8, 4) is 11.5 Å². The first-order valence-corrected chi connectivity index (χ1v) is 6.91. The average Bonchev–Trinajstić information content (AvgIpc) is 2.51. The van der Waals surface area contributed by atoms with E-state index in [2.05, 4.69) is 14.8 Å². The minimum atomic E-state index is -3.16. The standard InChI is InChI=1S/C16H12F5NO3/c17-12-8-10(3-6-13(12)25-16(20)21)22-14(23)7-9-1-4-11(5-2-9)24-15(18)19/h1-6,8,15-16H,7H2,(H,22,23). The number of rotatable bonds is 7. The van der Waals surface area contributed by atoms with Crippen LogP contribution >= 0.6 is 0 Å². The van der Waals surface area contributed by atoms with Gasteiger partial charge in [-0.3, -0.25) is 4.79 Å². The summed E-state index contributed by atoms with van der Waals surface area (Å²) >= 11 is 0. The van der Waals surface area contributed by atoms with E-state index in [1.54, 1.807) is 0 Å². The summed E-state index contributed by atoms with van der Waals surface area (Å²) in [7, 11) is 0. The largest absolute Gasteiger partial charge is 0.435 e. The van der Waals surface area contributed by atoms with Crippen LogP contribution in [0.25, 0.3) is 0 Å². The maximum atomic E-state index is 13.6. The van der Waals surface area contributed by atoms with E-state index in [0.717, 1.165) is 12.1 Å². The minimum Gasteiger partial charge on any atom is -0.435 e. The summed E-state index contributed by atoms with van der Waals surface area (Å²) in [5.41, 5.74) is 0.569. The lowest BCUT2D eigenvalue weighted by Gasteiger charge is -2.09. The summed E-state index contributed by atoms with van der Waals surface area (Å²) in [5.74, 6) is -2.24. The molecule has 2 aromatic rings. The quantitative estimate of drug-likeness (QED) is 0.752. The lowest BCUT2D eigenvalue weighted by atomic mass is 10.1. The van der Waals surface area contributed by atoms with E-state index in [0.29, 0.717) is 5.56 Å². The highest BCUT2D eigenvalue weighted by Gasteiger charge is 2.12. The number of alkyl halides is 4. The molecule has 0 aliphatic rings. The maximum absolute atomic E-state index is 13.6. The lowest BCUT2D eigenvalue weighted by Crippen LogP contribution is -2.14. The normalized spacial score (nSPS) is 10.8. The molecule has 25 heavy (non-hydrogen) atoms. The van der Waals surface area contributed by atoms with Crippen molar-refractivity contribution in [1.29, 1.82) is 0 Å². The zero-order valence-corrected chi connectivity index (χ0v) is 12.5. The number of hydrogen-bond donors (Lipinski definition) is 1. The van der Waals surface area contributed by atoms with Crippen LogP contribution in [-0.4, -0.2) is 19.1 Å². The molecular formula is C16H12F5NO3. The molecule has 0 bridgehead atoms. The summed E-state index contributed by atoms with van der Waals surface area (Å²) in [6.45, 7) is -6.10. The van der Waals surface area contributed by atoms with Crippen LogP contribution in [0.5, 0.6) is 11.5 Å². The molecule has 0 aliphatic carbocycles. The highest BCUT2D eigenvalue weighted by atomic mass is 19.3. The van der Waals surface area contributed by atoms with Crippen LogP contribution in [0.15, 0.2) is 42.5 Å². The molecule has 2 rings (SSSR count). The number of anilines is 1. The van der Waals surface area contributed by atoms with Crippen LogP contribution in [0.1, 0.15) is 5.56 Å². The third-order valence-corrected chi connectivity index (χ3v) is 2.94. The van der Waals surface area contributed by atoms with Gasteiger partial charge in [0.15, 0.2) is 11.6 Å². The van der Waals surface area contributed by atoms with Gasteiger partial charge in [-0.05, 0) is 29.8 Å². The van der Waals surface area contributed by atoms with Gasteiger partial charge in [-0.2, -0.15) is 17.6 Å². The molecule has 0 radical (unpaired) electrons. The number of amides is 1. The number of nitrogens with one attached hydrogen (secondary N) is 1. The van der Waals surface area contributed by atoms with Gasteiger partial charge >= 0.3 is 13.2 Å². The Morgan fingerprint density at radius 1 is 0.960 bits per heavy atom. The summed E-state index contributed by atoms with van der Waals surface area (Å²) < 4.78 is 69.8. The first-order chi connectivity index (χ1) is 11.8. The molecule has 2 aromatic carbocycles. The molecule has 0 atom stereocenters. The van der Waals surface area contributed by atoms with Crippen LogP contribution in [0.4, 0.5) is 27.6 Å². The predicted octanol–water partition coefficient (Wildman–Crippen LogP) is 4.21. The third kappa shape index (κ3) is 5.94. The molecule has 9 heteroatoms. The predicted molar refractivity (Wildman–Crippen MR) is 78.4 cm³/mol. The second-order valence-corrected chi connectivity index (χ2v) is 4.77. The van der Waals surface area contributed by atoms with Crippen molar-refractivity contribution in [3.05, 3.63) is 53.8 Å². The summed E-state index contributed by atoms with van der Waals surface area (Å²) in [4.78, 5) is 11.9. The smallest absolute Gasteiger partial charge is 0.387 e. The molecule has 4 nitrogen and oxygen atoms in total. The van der Waals surface area contributed by atoms with E-state index in [4.69, 9.17) is 0 Å². The Labute approximate surface area is 139 Å². The van der Waals surface area contributed by atoms with Gasteiger partial charge in [-0.15, -0.1) is 0 Å². The Morgan fingerprint density at radius 2 is 1.60 bits per heavy atom. The van der Waals surface area contributed by atoms with Crippen molar-refractivity contribution in [2.75, 3.05) is 5.32 Å². The fourth-order valence-corrected chi connectivity index (χ4v) is 1.95. The van der Waals surface area contributed by atoms with Crippen LogP contribution in [-0.2, 0) is 11.2 Å². The van der Waals surface area contributed by atoms with Crippen molar-refractivity contribution >= 4 is 11.6 Å². The van der Waals surface area contributed by atoms with E-state index in [-0.39, 0.29) is 17.9 Å². The van der Waals surface area contributed by atoms with Gasteiger partial charge in [0.1, 0.15) is 5.75 Å². The Bertz CT molecular complexity index is 722. The van der Waals surface area contributed by atoms with E-state index in [1.165, 1.54) is 30.3 Å². The molecule has 0 fully saturated rings. The zero-order chi connectivity index (χ0) is 18.4. The second kappa shape index (κ2) is 8.32. The summed E-state index contributed by atoms with van der Waals surface area (Å²) in [6, 6.07) is 8.44. The van der Waals surface area contributed by atoms with Crippen molar-refractivity contribution < 1.29 is 36.2 Å². The van der Waals surface area contributed by atoms with Gasteiger partial charge in [0.05, 0.1) is 6.42 Å². The van der Waals surface area contributed by atoms with E-state index in [1.807, 2.05) is 0 Å². The number of hydrogen-bond acceptors (Lipinski definition) is 3. The third-order valence-electron chi connectivity index (χ3n) is 2.94. The van der Waals surface area contributed by atoms with E-state index < -0.39 is 30.7 Å². The molecule has 0 saturated heterocycles. The fourth-order valence-electron chi connectivity index (χ4n) is 1.95. The van der Waals surface area contributed by atoms with Crippen LogP contribution in [0.2, 0.25) is 0 Å². The Hall–Kier alpha value is -2.84. The Balaban J connectivity index is 1.94. The SMILES string of the molecule is O=C(Cc1ccc(OC(F)F)cc1)Nc1ccc(OC(F)F)c(F)c1. The highest BCUT2D eigenvalue weighted by molar-refractivity contribution is 5.92. The molecule has 0 spiro atoms. The number of ether oxygens (including phenoxy) is 2. The van der Waals surface area contributed by atoms with Gasteiger partial charge in [0.25, 0.3) is 0 Å². The Morgan fingerprint density at radius 3 is 2.16 bits per heavy atom. The number of carbonyl (C=O) groups excluding carboxylic acids is 1. The van der Waals surface area contributed by atoms with Crippen LogP contribution in [0.3, 0.4) is 0 Å². The van der Waals surface area contributed by atoms with E-state index in [9.17, 15) is 26.7 Å². The number of benzene rings is 2. The monoisotopic (exact) mass is 361 g/mol.